The van der Waals surface area contributed by atoms with Crippen molar-refractivity contribution >= 4 is 47.2 Å². The number of rotatable bonds is 10. The Morgan fingerprint density at radius 3 is 2.53 bits per heavy atom. The summed E-state index contributed by atoms with van der Waals surface area (Å²) in [5.41, 5.74) is 0.993. The van der Waals surface area contributed by atoms with Crippen molar-refractivity contribution in [2.45, 2.75) is 13.5 Å². The van der Waals surface area contributed by atoms with E-state index in [1.807, 2.05) is 0 Å². The van der Waals surface area contributed by atoms with Crippen LogP contribution in [0.5, 0.6) is 11.5 Å². The van der Waals surface area contributed by atoms with E-state index in [0.717, 1.165) is 4.90 Å². The molecule has 0 spiro atoms. The van der Waals surface area contributed by atoms with Gasteiger partial charge in [0.15, 0.2) is 11.5 Å². The van der Waals surface area contributed by atoms with Crippen molar-refractivity contribution < 1.29 is 38.2 Å². The lowest BCUT2D eigenvalue weighted by molar-refractivity contribution is -0.127. The molecule has 1 aliphatic rings. The molecule has 196 valence electrons. The number of nitrogens with zero attached hydrogens (tertiary/aromatic N) is 1. The molecule has 0 atom stereocenters. The van der Waals surface area contributed by atoms with E-state index in [9.17, 15) is 19.2 Å². The second-order valence-electron chi connectivity index (χ2n) is 7.93. The van der Waals surface area contributed by atoms with Crippen LogP contribution in [0.2, 0.25) is 5.02 Å². The summed E-state index contributed by atoms with van der Waals surface area (Å²) < 4.78 is 16.5. The van der Waals surface area contributed by atoms with E-state index in [2.05, 4.69) is 10.6 Å². The van der Waals surface area contributed by atoms with Crippen molar-refractivity contribution in [3.63, 3.8) is 0 Å². The van der Waals surface area contributed by atoms with E-state index in [4.69, 9.17) is 30.6 Å². The second kappa shape index (κ2) is 11.5. The van der Waals surface area contributed by atoms with Gasteiger partial charge in [0.05, 0.1) is 6.61 Å². The molecular formula is C26H22ClN3O8. The predicted octanol–water partition coefficient (Wildman–Crippen LogP) is 4.14. The van der Waals surface area contributed by atoms with Crippen LogP contribution in [-0.4, -0.2) is 47.0 Å². The number of anilines is 1. The van der Waals surface area contributed by atoms with Crippen molar-refractivity contribution in [2.24, 2.45) is 0 Å². The molecule has 1 aliphatic heterocycles. The molecule has 0 saturated carbocycles. The molecule has 12 heteroatoms. The zero-order chi connectivity index (χ0) is 27.2. The number of aromatic carboxylic acids is 1. The van der Waals surface area contributed by atoms with Crippen molar-refractivity contribution in [2.75, 3.05) is 18.5 Å². The van der Waals surface area contributed by atoms with Gasteiger partial charge in [-0.1, -0.05) is 17.7 Å². The fourth-order valence-corrected chi connectivity index (χ4v) is 3.61. The third-order valence-electron chi connectivity index (χ3n) is 5.21. The number of carboxylic acids is 1. The minimum atomic E-state index is -1.18. The number of halogens is 1. The van der Waals surface area contributed by atoms with Crippen molar-refractivity contribution in [3.8, 4) is 11.5 Å². The Balaban J connectivity index is 1.43. The average Bonchev–Trinajstić information content (AvgIpc) is 3.46. The summed E-state index contributed by atoms with van der Waals surface area (Å²) in [6.07, 6.45) is 1.45. The highest BCUT2D eigenvalue weighted by molar-refractivity contribution is 6.30. The van der Waals surface area contributed by atoms with Gasteiger partial charge < -0.3 is 29.6 Å². The number of carbonyl (C=O) groups is 4. The molecule has 2 heterocycles. The van der Waals surface area contributed by atoms with Gasteiger partial charge in [-0.15, -0.1) is 0 Å². The van der Waals surface area contributed by atoms with E-state index < -0.39 is 30.4 Å². The fraction of sp³-hybridized carbons (Fsp3) is 0.154. The standard InChI is InChI=1S/C26H22ClN3O8/c1-2-36-22-12-15(3-9-20(22)37-14-18-8-10-21(38-18)25(33)34)11-19-24(32)30(26(35)29-19)13-23(31)28-17-6-4-16(27)5-7-17/h3-12H,2,13-14H2,1H3,(H,28,31)(H,29,35)(H,33,34). The maximum Gasteiger partial charge on any atom is 0.371 e. The maximum absolute atomic E-state index is 12.8. The number of hydrogen-bond acceptors (Lipinski definition) is 7. The van der Waals surface area contributed by atoms with Gasteiger partial charge in [-0.3, -0.25) is 9.59 Å². The van der Waals surface area contributed by atoms with Crippen LogP contribution in [0.4, 0.5) is 10.5 Å². The van der Waals surface area contributed by atoms with E-state index in [-0.39, 0.29) is 18.1 Å². The summed E-state index contributed by atoms with van der Waals surface area (Å²) in [5, 5.41) is 14.6. The fourth-order valence-electron chi connectivity index (χ4n) is 3.48. The maximum atomic E-state index is 12.8. The average molecular weight is 540 g/mol. The van der Waals surface area contributed by atoms with Crippen LogP contribution >= 0.6 is 11.6 Å². The molecule has 0 unspecified atom stereocenters. The van der Waals surface area contributed by atoms with E-state index >= 15 is 0 Å². The van der Waals surface area contributed by atoms with Crippen LogP contribution < -0.4 is 20.1 Å². The Morgan fingerprint density at radius 1 is 1.08 bits per heavy atom. The number of carbonyl (C=O) groups excluding carboxylic acids is 3. The summed E-state index contributed by atoms with van der Waals surface area (Å²) in [4.78, 5) is 49.3. The summed E-state index contributed by atoms with van der Waals surface area (Å²) in [7, 11) is 0. The molecule has 1 aromatic heterocycles. The van der Waals surface area contributed by atoms with Crippen molar-refractivity contribution in [1.82, 2.24) is 10.2 Å². The number of nitrogens with one attached hydrogen (secondary N) is 2. The first-order valence-corrected chi connectivity index (χ1v) is 11.7. The monoisotopic (exact) mass is 539 g/mol. The lowest BCUT2D eigenvalue weighted by Crippen LogP contribution is -2.38. The van der Waals surface area contributed by atoms with E-state index in [1.54, 1.807) is 49.4 Å². The quantitative estimate of drug-likeness (QED) is 0.257. The molecule has 4 amide bonds. The molecule has 38 heavy (non-hydrogen) atoms. The first kappa shape index (κ1) is 26.3. The summed E-state index contributed by atoms with van der Waals surface area (Å²) in [5.74, 6) is -1.55. The highest BCUT2D eigenvalue weighted by Gasteiger charge is 2.35. The zero-order valence-electron chi connectivity index (χ0n) is 20.0. The van der Waals surface area contributed by atoms with Crippen molar-refractivity contribution in [1.29, 1.82) is 0 Å². The topological polar surface area (TPSA) is 147 Å². The smallest absolute Gasteiger partial charge is 0.371 e. The number of furan rings is 1. The summed E-state index contributed by atoms with van der Waals surface area (Å²) in [6, 6.07) is 13.4. The van der Waals surface area contributed by atoms with E-state index in [1.165, 1.54) is 18.2 Å². The molecule has 1 saturated heterocycles. The largest absolute Gasteiger partial charge is 0.490 e. The number of urea groups is 1. The van der Waals surface area contributed by atoms with Crippen LogP contribution in [0.3, 0.4) is 0 Å². The molecule has 0 aliphatic carbocycles. The lowest BCUT2D eigenvalue weighted by Gasteiger charge is -2.12. The Morgan fingerprint density at radius 2 is 1.84 bits per heavy atom. The van der Waals surface area contributed by atoms with Crippen LogP contribution in [0.1, 0.15) is 28.8 Å². The first-order chi connectivity index (χ1) is 18.2. The van der Waals surface area contributed by atoms with Gasteiger partial charge in [0.1, 0.15) is 24.6 Å². The molecule has 3 aromatic rings. The highest BCUT2D eigenvalue weighted by atomic mass is 35.5. The zero-order valence-corrected chi connectivity index (χ0v) is 20.8. The summed E-state index contributed by atoms with van der Waals surface area (Å²) in [6.45, 7) is 1.61. The van der Waals surface area contributed by atoms with Gasteiger partial charge in [-0.2, -0.15) is 0 Å². The van der Waals surface area contributed by atoms with Gasteiger partial charge in [0.2, 0.25) is 11.7 Å². The third-order valence-corrected chi connectivity index (χ3v) is 5.46. The van der Waals surface area contributed by atoms with Crippen LogP contribution in [0.15, 0.2) is 64.7 Å². The molecule has 4 rings (SSSR count). The number of imide groups is 1. The Kier molecular flexibility index (Phi) is 7.97. The van der Waals surface area contributed by atoms with Crippen LogP contribution in [0, 0.1) is 0 Å². The van der Waals surface area contributed by atoms with Gasteiger partial charge in [0.25, 0.3) is 5.91 Å². The number of ether oxygens (including phenoxy) is 2. The van der Waals surface area contributed by atoms with Gasteiger partial charge >= 0.3 is 12.0 Å². The number of benzene rings is 2. The Hall–Kier alpha value is -4.77. The molecule has 0 radical (unpaired) electrons. The Bertz CT molecular complexity index is 1410. The molecule has 2 aromatic carbocycles. The molecule has 1 fully saturated rings. The third kappa shape index (κ3) is 6.31. The van der Waals surface area contributed by atoms with Gasteiger partial charge in [-0.05, 0) is 67.1 Å². The molecular weight excluding hydrogens is 518 g/mol. The van der Waals surface area contributed by atoms with Gasteiger partial charge in [0, 0.05) is 10.7 Å². The SMILES string of the molecule is CCOc1cc(C=C2NC(=O)N(CC(=O)Nc3ccc(Cl)cc3)C2=O)ccc1OCc1ccc(C(=O)O)o1. The molecule has 11 nitrogen and oxygen atoms in total. The Labute approximate surface area is 221 Å². The molecule has 0 bridgehead atoms. The number of amides is 4. The minimum Gasteiger partial charge on any atom is -0.490 e. The predicted molar refractivity (Wildman–Crippen MR) is 136 cm³/mol. The first-order valence-electron chi connectivity index (χ1n) is 11.3. The lowest BCUT2D eigenvalue weighted by atomic mass is 10.1. The number of carboxylic acid groups (broad SMARTS) is 1. The van der Waals surface area contributed by atoms with Crippen LogP contribution in [-0.2, 0) is 16.2 Å². The normalized spacial score (nSPS) is 13.9. The minimum absolute atomic E-state index is 0.0119. The van der Waals surface area contributed by atoms with Crippen LogP contribution in [0.25, 0.3) is 6.08 Å². The van der Waals surface area contributed by atoms with E-state index in [0.29, 0.717) is 40.1 Å². The highest BCUT2D eigenvalue weighted by Crippen LogP contribution is 2.30. The molecule has 3 N–H and O–H groups in total. The van der Waals surface area contributed by atoms with Crippen molar-refractivity contribution in [3.05, 3.63) is 82.4 Å². The second-order valence-corrected chi connectivity index (χ2v) is 8.37. The number of hydrogen-bond donors (Lipinski definition) is 3. The van der Waals surface area contributed by atoms with Gasteiger partial charge in [-0.25, -0.2) is 14.5 Å². The summed E-state index contributed by atoms with van der Waals surface area (Å²) >= 11 is 5.83.